The predicted molar refractivity (Wildman–Crippen MR) is 150 cm³/mol. The average molecular weight is 633 g/mol. The van der Waals surface area contributed by atoms with Gasteiger partial charge in [0, 0.05) is 24.4 Å². The van der Waals surface area contributed by atoms with E-state index in [1.54, 1.807) is 12.1 Å². The summed E-state index contributed by atoms with van der Waals surface area (Å²) in [6, 6.07) is 2.00. The van der Waals surface area contributed by atoms with Gasteiger partial charge >= 0.3 is 23.9 Å². The first-order valence-electron chi connectivity index (χ1n) is 14.6. The molecule has 2 aliphatic heterocycles. The van der Waals surface area contributed by atoms with Gasteiger partial charge in [0.1, 0.15) is 11.8 Å². The van der Waals surface area contributed by atoms with E-state index in [0.717, 1.165) is 11.1 Å². The Balaban J connectivity index is 1.34. The van der Waals surface area contributed by atoms with E-state index in [9.17, 15) is 34.2 Å². The van der Waals surface area contributed by atoms with E-state index >= 15 is 0 Å². The molecule has 0 radical (unpaired) electrons. The zero-order valence-corrected chi connectivity index (χ0v) is 25.0. The average Bonchev–Trinajstić information content (AvgIpc) is 3.34. The van der Waals surface area contributed by atoms with Crippen molar-refractivity contribution in [3.05, 3.63) is 35.1 Å². The molecule has 4 aliphatic rings. The van der Waals surface area contributed by atoms with Crippen molar-refractivity contribution in [1.82, 2.24) is 10.2 Å². The van der Waals surface area contributed by atoms with Crippen molar-refractivity contribution in [2.45, 2.75) is 86.9 Å². The molecule has 2 bridgehead atoms. The van der Waals surface area contributed by atoms with Crippen LogP contribution in [0.3, 0.4) is 0 Å². The third-order valence-electron chi connectivity index (χ3n) is 9.33. The number of amides is 1. The van der Waals surface area contributed by atoms with Crippen LogP contribution in [0.5, 0.6) is 11.5 Å². The summed E-state index contributed by atoms with van der Waals surface area (Å²) in [7, 11) is 3.48. The molecular weight excluding hydrogens is 596 g/mol. The molecule has 1 aromatic rings. The van der Waals surface area contributed by atoms with Gasteiger partial charge in [0.2, 0.25) is 5.91 Å². The number of ether oxygens (including phenoxy) is 4. The summed E-state index contributed by atoms with van der Waals surface area (Å²) in [5.41, 5.74) is -0.314. The molecule has 5 N–H and O–H groups in total. The lowest BCUT2D eigenvalue weighted by Crippen LogP contribution is -2.74. The first-order chi connectivity index (χ1) is 21.2. The molecule has 7 atom stereocenters. The van der Waals surface area contributed by atoms with E-state index in [1.165, 1.54) is 14.0 Å². The second kappa shape index (κ2) is 11.9. The Hall–Kier alpha value is -4.21. The van der Waals surface area contributed by atoms with E-state index in [1.807, 2.05) is 13.1 Å². The monoisotopic (exact) mass is 632 g/mol. The summed E-state index contributed by atoms with van der Waals surface area (Å²) in [4.78, 5) is 62.5. The second-order valence-corrected chi connectivity index (χ2v) is 11.9. The third-order valence-corrected chi connectivity index (χ3v) is 9.33. The van der Waals surface area contributed by atoms with Crippen molar-refractivity contribution in [2.24, 2.45) is 0 Å². The Bertz CT molecular complexity index is 1460. The van der Waals surface area contributed by atoms with Gasteiger partial charge in [-0.2, -0.15) is 0 Å². The summed E-state index contributed by atoms with van der Waals surface area (Å²) in [5.74, 6) is -5.01. The van der Waals surface area contributed by atoms with Crippen molar-refractivity contribution in [3.63, 3.8) is 0 Å². The van der Waals surface area contributed by atoms with Gasteiger partial charge in [-0.15, -0.1) is 0 Å². The number of benzene rings is 1. The largest absolute Gasteiger partial charge is 0.493 e. The highest BCUT2D eigenvalue weighted by Gasteiger charge is 2.72. The molecule has 1 amide bonds. The minimum Gasteiger partial charge on any atom is -0.493 e. The SMILES string of the molecule is COc1ccc2c3c1O[C@@H]1C(OC(=O)[C@H](C)OC(=O)[C@H](CCC(=O)O)NC(=O)C[C@H](O)C(=O)O)=CC[C@]4(O)[C@H](C2)N(C)CC[C@@]314. The van der Waals surface area contributed by atoms with Gasteiger partial charge in [-0.25, -0.2) is 14.4 Å². The molecule has 1 spiro atoms. The number of carboxylic acids is 2. The molecule has 1 saturated heterocycles. The molecule has 2 aliphatic carbocycles. The molecule has 2 heterocycles. The van der Waals surface area contributed by atoms with Crippen LogP contribution in [0.25, 0.3) is 0 Å². The maximum atomic E-state index is 13.3. The first kappa shape index (κ1) is 32.2. The van der Waals surface area contributed by atoms with E-state index in [0.29, 0.717) is 30.9 Å². The number of likely N-dealkylation sites (tertiary alicyclic amines) is 1. The standard InChI is InChI=1S/C30H36N2O13/c1-14(43-28(40)16(5-7-22(35)36)31-21(34)13-17(33)26(37)38)27(39)44-19-8-9-30(41)20-12-15-4-6-18(42-3)24-23(15)29(30,25(19)45-24)10-11-32(20)2/h4,6,8,14,16-17,20,25,33,41H,5,7,9-13H2,1-3H3,(H,31,34)(H,35,36)(H,37,38)/t14-,16-,17-,20-,25+,29+,30-/m0/s1. The number of hydrogen-bond acceptors (Lipinski definition) is 12. The Labute approximate surface area is 257 Å². The summed E-state index contributed by atoms with van der Waals surface area (Å²) in [6.45, 7) is 1.89. The zero-order chi connectivity index (χ0) is 32.8. The quantitative estimate of drug-likeness (QED) is 0.186. The lowest BCUT2D eigenvalue weighted by Gasteiger charge is -2.61. The van der Waals surface area contributed by atoms with Gasteiger partial charge in [0.25, 0.3) is 0 Å². The number of aliphatic hydroxyl groups is 2. The van der Waals surface area contributed by atoms with Crippen molar-refractivity contribution in [3.8, 4) is 11.5 Å². The van der Waals surface area contributed by atoms with Gasteiger partial charge in [-0.1, -0.05) is 6.07 Å². The number of methoxy groups -OCH3 is 1. The summed E-state index contributed by atoms with van der Waals surface area (Å²) < 4.78 is 23.0. The van der Waals surface area contributed by atoms with Gasteiger partial charge in [0.15, 0.2) is 29.8 Å². The maximum Gasteiger partial charge on any atom is 0.352 e. The molecular formula is C30H36N2O13. The molecule has 0 unspecified atom stereocenters. The number of nitrogens with one attached hydrogen (secondary N) is 1. The van der Waals surface area contributed by atoms with Crippen molar-refractivity contribution in [1.29, 1.82) is 0 Å². The number of aliphatic hydroxyl groups excluding tert-OH is 1. The number of aliphatic carboxylic acids is 2. The van der Waals surface area contributed by atoms with Gasteiger partial charge in [-0.05, 0) is 57.5 Å². The highest BCUT2D eigenvalue weighted by molar-refractivity contribution is 5.89. The smallest absolute Gasteiger partial charge is 0.352 e. The van der Waals surface area contributed by atoms with Gasteiger partial charge < -0.3 is 49.6 Å². The summed E-state index contributed by atoms with van der Waals surface area (Å²) >= 11 is 0. The Morgan fingerprint density at radius 3 is 2.58 bits per heavy atom. The number of esters is 2. The molecule has 15 nitrogen and oxygen atoms in total. The number of piperidine rings is 1. The van der Waals surface area contributed by atoms with Crippen LogP contribution < -0.4 is 14.8 Å². The van der Waals surface area contributed by atoms with Crippen LogP contribution in [-0.2, 0) is 45.3 Å². The van der Waals surface area contributed by atoms with Crippen molar-refractivity contribution < 1.29 is 63.3 Å². The van der Waals surface area contributed by atoms with Crippen LogP contribution in [0.1, 0.15) is 50.2 Å². The Morgan fingerprint density at radius 1 is 1.18 bits per heavy atom. The summed E-state index contributed by atoms with van der Waals surface area (Å²) in [5, 5.41) is 41.8. The van der Waals surface area contributed by atoms with Crippen LogP contribution in [-0.4, -0.2) is 112 Å². The lowest BCUT2D eigenvalue weighted by molar-refractivity contribution is -0.176. The van der Waals surface area contributed by atoms with E-state index in [2.05, 4.69) is 10.2 Å². The normalized spacial score (nSPS) is 27.9. The third kappa shape index (κ3) is 5.38. The molecule has 5 rings (SSSR count). The van der Waals surface area contributed by atoms with Gasteiger partial charge in [0.05, 0.1) is 24.5 Å². The lowest BCUT2D eigenvalue weighted by atomic mass is 9.50. The fourth-order valence-electron chi connectivity index (χ4n) is 7.12. The van der Waals surface area contributed by atoms with Crippen LogP contribution in [0, 0.1) is 0 Å². The number of hydrogen-bond donors (Lipinski definition) is 5. The fourth-order valence-corrected chi connectivity index (χ4v) is 7.12. The molecule has 15 heteroatoms. The maximum absolute atomic E-state index is 13.3. The number of nitrogens with zero attached hydrogens (tertiary/aromatic N) is 1. The fraction of sp³-hybridized carbons (Fsp3) is 0.567. The Kier molecular flexibility index (Phi) is 8.55. The van der Waals surface area contributed by atoms with E-state index in [-0.39, 0.29) is 18.2 Å². The first-order valence-corrected chi connectivity index (χ1v) is 14.6. The van der Waals surface area contributed by atoms with Crippen LogP contribution in [0.4, 0.5) is 0 Å². The highest BCUT2D eigenvalue weighted by atomic mass is 16.6. The summed E-state index contributed by atoms with van der Waals surface area (Å²) in [6.07, 6.45) is -3.43. The molecule has 45 heavy (non-hydrogen) atoms. The minimum atomic E-state index is -2.04. The molecule has 1 aromatic carbocycles. The number of carbonyl (C=O) groups is 5. The second-order valence-electron chi connectivity index (χ2n) is 11.9. The zero-order valence-electron chi connectivity index (χ0n) is 25.0. The predicted octanol–water partition coefficient (Wildman–Crippen LogP) is -0.367. The van der Waals surface area contributed by atoms with E-state index < -0.39 is 84.4 Å². The van der Waals surface area contributed by atoms with E-state index in [4.69, 9.17) is 29.2 Å². The highest BCUT2D eigenvalue weighted by Crippen LogP contribution is 2.65. The number of carboxylic acid groups (broad SMARTS) is 2. The van der Waals surface area contributed by atoms with Crippen molar-refractivity contribution >= 4 is 29.8 Å². The van der Waals surface area contributed by atoms with Gasteiger partial charge in [-0.3, -0.25) is 9.59 Å². The molecule has 0 saturated carbocycles. The van der Waals surface area contributed by atoms with Crippen LogP contribution in [0.15, 0.2) is 24.0 Å². The van der Waals surface area contributed by atoms with Crippen LogP contribution >= 0.6 is 0 Å². The van der Waals surface area contributed by atoms with Crippen molar-refractivity contribution in [2.75, 3.05) is 20.7 Å². The molecule has 244 valence electrons. The molecule has 1 fully saturated rings. The number of rotatable bonds is 12. The number of carbonyl (C=O) groups excluding carboxylic acids is 3. The topological polar surface area (TPSA) is 218 Å². The minimum absolute atomic E-state index is 0.139. The molecule has 0 aromatic heterocycles. The van der Waals surface area contributed by atoms with Crippen LogP contribution in [0.2, 0.25) is 0 Å². The number of likely N-dealkylation sites (N-methyl/N-ethyl adjacent to an activating group) is 1. The Morgan fingerprint density at radius 2 is 1.91 bits per heavy atom.